The third kappa shape index (κ3) is 4.55. The predicted octanol–water partition coefficient (Wildman–Crippen LogP) is 4.05. The fourth-order valence-electron chi connectivity index (χ4n) is 6.48. The Hall–Kier alpha value is -2.16. The lowest BCUT2D eigenvalue weighted by molar-refractivity contribution is -0.137. The number of likely N-dealkylation sites (tertiary alicyclic amines) is 2. The molecule has 4 fully saturated rings. The number of nitrogens with zero attached hydrogens (tertiary/aromatic N) is 3. The molecule has 4 aliphatic rings. The van der Waals surface area contributed by atoms with Crippen LogP contribution in [-0.2, 0) is 9.53 Å². The van der Waals surface area contributed by atoms with E-state index in [0.29, 0.717) is 43.6 Å². The molecule has 0 bridgehead atoms. The summed E-state index contributed by atoms with van der Waals surface area (Å²) in [5.41, 5.74) is 5.00. The zero-order valence-electron chi connectivity index (χ0n) is 19.9. The number of thiazole rings is 1. The van der Waals surface area contributed by atoms with Crippen molar-refractivity contribution in [1.29, 1.82) is 0 Å². The van der Waals surface area contributed by atoms with Crippen LogP contribution in [0.1, 0.15) is 98.5 Å². The van der Waals surface area contributed by atoms with Gasteiger partial charge in [0.25, 0.3) is 11.8 Å². The topological polar surface area (TPSA) is 106 Å². The van der Waals surface area contributed by atoms with Crippen molar-refractivity contribution in [2.45, 2.75) is 94.6 Å². The van der Waals surface area contributed by atoms with Gasteiger partial charge >= 0.3 is 6.09 Å². The summed E-state index contributed by atoms with van der Waals surface area (Å²) in [6.45, 7) is 1.95. The van der Waals surface area contributed by atoms with Gasteiger partial charge in [0.15, 0.2) is 5.60 Å². The number of fused-ring (bicyclic) bond motifs is 1. The van der Waals surface area contributed by atoms with Crippen LogP contribution in [0.25, 0.3) is 0 Å². The molecule has 186 valence electrons. The van der Waals surface area contributed by atoms with E-state index < -0.39 is 17.6 Å². The van der Waals surface area contributed by atoms with Gasteiger partial charge in [-0.05, 0) is 70.1 Å². The Morgan fingerprint density at radius 2 is 1.68 bits per heavy atom. The van der Waals surface area contributed by atoms with Gasteiger partial charge in [-0.15, -0.1) is 11.3 Å². The van der Waals surface area contributed by atoms with Crippen molar-refractivity contribution in [3.8, 4) is 0 Å². The number of amides is 3. The molecular weight excluding hydrogens is 452 g/mol. The van der Waals surface area contributed by atoms with E-state index in [9.17, 15) is 14.4 Å². The Labute approximate surface area is 205 Å². The monoisotopic (exact) mass is 488 g/mol. The molecule has 2 atom stereocenters. The van der Waals surface area contributed by atoms with Crippen LogP contribution in [0.2, 0.25) is 0 Å². The lowest BCUT2D eigenvalue weighted by Gasteiger charge is -2.43. The third-order valence-corrected chi connectivity index (χ3v) is 9.50. The minimum absolute atomic E-state index is 0.0911. The second-order valence-electron chi connectivity index (χ2n) is 10.5. The predicted molar refractivity (Wildman–Crippen MR) is 129 cm³/mol. The first-order chi connectivity index (χ1) is 16.5. The van der Waals surface area contributed by atoms with Crippen LogP contribution >= 0.6 is 11.3 Å². The summed E-state index contributed by atoms with van der Waals surface area (Å²) in [6, 6.07) is 0.387. The van der Waals surface area contributed by atoms with Crippen molar-refractivity contribution in [3.63, 3.8) is 0 Å². The van der Waals surface area contributed by atoms with Crippen LogP contribution in [0.15, 0.2) is 5.38 Å². The first-order valence-electron chi connectivity index (χ1n) is 13.0. The van der Waals surface area contributed by atoms with E-state index in [-0.39, 0.29) is 11.8 Å². The minimum atomic E-state index is -1.13. The third-order valence-electron chi connectivity index (χ3n) is 8.49. The summed E-state index contributed by atoms with van der Waals surface area (Å²) in [4.78, 5) is 46.5. The van der Waals surface area contributed by atoms with E-state index >= 15 is 0 Å². The summed E-state index contributed by atoms with van der Waals surface area (Å²) in [5.74, 6) is 0.442. The largest absolute Gasteiger partial charge is 0.433 e. The van der Waals surface area contributed by atoms with Gasteiger partial charge in [-0.3, -0.25) is 9.59 Å². The SMILES string of the molecule is NC(=O)C1(OC(=O)N2CCC(c3nc(C(=O)N4CCCC5CCCCC54)cs3)CC2)CCCC1. The Morgan fingerprint density at radius 1 is 0.971 bits per heavy atom. The highest BCUT2D eigenvalue weighted by Crippen LogP contribution is 2.37. The van der Waals surface area contributed by atoms with Gasteiger partial charge in [0, 0.05) is 37.0 Å². The maximum Gasteiger partial charge on any atom is 0.410 e. The second-order valence-corrected chi connectivity index (χ2v) is 11.4. The van der Waals surface area contributed by atoms with Crippen molar-refractivity contribution in [2.24, 2.45) is 11.7 Å². The van der Waals surface area contributed by atoms with Crippen LogP contribution in [0.5, 0.6) is 0 Å². The molecule has 1 aromatic rings. The van der Waals surface area contributed by atoms with Crippen LogP contribution in [0.4, 0.5) is 4.79 Å². The smallest absolute Gasteiger partial charge is 0.410 e. The zero-order valence-corrected chi connectivity index (χ0v) is 20.7. The molecule has 3 amide bonds. The first-order valence-corrected chi connectivity index (χ1v) is 13.9. The summed E-state index contributed by atoms with van der Waals surface area (Å²) in [5, 5.41) is 2.90. The van der Waals surface area contributed by atoms with E-state index in [1.54, 1.807) is 16.2 Å². The second kappa shape index (κ2) is 9.84. The Bertz CT molecular complexity index is 918. The molecule has 0 spiro atoms. The first kappa shape index (κ1) is 23.6. The van der Waals surface area contributed by atoms with E-state index in [0.717, 1.165) is 50.1 Å². The standard InChI is InChI=1S/C25H36N4O4S/c26-23(31)25(11-3-4-12-25)33-24(32)28-14-9-18(10-15-28)21-27-19(16-34-21)22(30)29-13-5-7-17-6-1-2-8-20(17)29/h16-18,20H,1-15H2,(H2,26,31). The number of hydrogen-bond acceptors (Lipinski definition) is 6. The van der Waals surface area contributed by atoms with Gasteiger partial charge in [0.2, 0.25) is 0 Å². The lowest BCUT2D eigenvalue weighted by atomic mass is 9.78. The van der Waals surface area contributed by atoms with Gasteiger partial charge < -0.3 is 20.3 Å². The molecule has 2 unspecified atom stereocenters. The normalized spacial score (nSPS) is 27.3. The van der Waals surface area contributed by atoms with Crippen molar-refractivity contribution < 1.29 is 19.1 Å². The summed E-state index contributed by atoms with van der Waals surface area (Å²) >= 11 is 1.56. The number of piperidine rings is 2. The number of rotatable bonds is 4. The molecule has 2 N–H and O–H groups in total. The Kier molecular flexibility index (Phi) is 6.82. The van der Waals surface area contributed by atoms with Crippen molar-refractivity contribution in [1.82, 2.24) is 14.8 Å². The number of hydrogen-bond donors (Lipinski definition) is 1. The van der Waals surface area contributed by atoms with Gasteiger partial charge in [-0.2, -0.15) is 0 Å². The van der Waals surface area contributed by atoms with E-state index in [2.05, 4.69) is 4.90 Å². The maximum absolute atomic E-state index is 13.3. The molecule has 2 aliphatic carbocycles. The number of nitrogens with two attached hydrogens (primary N) is 1. The molecule has 8 nitrogen and oxygen atoms in total. The van der Waals surface area contributed by atoms with Gasteiger partial charge in [0.1, 0.15) is 5.69 Å². The van der Waals surface area contributed by atoms with E-state index in [1.807, 2.05) is 5.38 Å². The molecule has 34 heavy (non-hydrogen) atoms. The molecule has 2 saturated carbocycles. The minimum Gasteiger partial charge on any atom is -0.433 e. The van der Waals surface area contributed by atoms with Crippen molar-refractivity contribution in [3.05, 3.63) is 16.1 Å². The van der Waals surface area contributed by atoms with E-state index in [4.69, 9.17) is 15.5 Å². The summed E-state index contributed by atoms with van der Waals surface area (Å²) in [6.07, 6.45) is 11.0. The van der Waals surface area contributed by atoms with Crippen LogP contribution in [0.3, 0.4) is 0 Å². The Balaban J connectivity index is 1.17. The number of ether oxygens (including phenoxy) is 1. The highest BCUT2D eigenvalue weighted by Gasteiger charge is 2.45. The number of aromatic nitrogens is 1. The fraction of sp³-hybridized carbons (Fsp3) is 0.760. The molecule has 0 radical (unpaired) electrons. The quantitative estimate of drug-likeness (QED) is 0.688. The van der Waals surface area contributed by atoms with Crippen molar-refractivity contribution >= 4 is 29.2 Å². The summed E-state index contributed by atoms with van der Waals surface area (Å²) in [7, 11) is 0. The molecule has 2 aliphatic heterocycles. The van der Waals surface area contributed by atoms with Crippen LogP contribution in [0, 0.1) is 5.92 Å². The Morgan fingerprint density at radius 3 is 2.41 bits per heavy atom. The highest BCUT2D eigenvalue weighted by atomic mass is 32.1. The molecule has 2 saturated heterocycles. The molecule has 9 heteroatoms. The molecule has 0 aromatic carbocycles. The van der Waals surface area contributed by atoms with Gasteiger partial charge in [-0.1, -0.05) is 12.8 Å². The van der Waals surface area contributed by atoms with Gasteiger partial charge in [-0.25, -0.2) is 9.78 Å². The number of carbonyl (C=O) groups is 3. The molecule has 3 heterocycles. The average molecular weight is 489 g/mol. The van der Waals surface area contributed by atoms with Crippen LogP contribution in [-0.4, -0.2) is 64.0 Å². The van der Waals surface area contributed by atoms with E-state index in [1.165, 1.54) is 25.7 Å². The maximum atomic E-state index is 13.3. The number of carbonyl (C=O) groups excluding carboxylic acids is 3. The average Bonchev–Trinajstić information content (AvgIpc) is 3.54. The highest BCUT2D eigenvalue weighted by molar-refractivity contribution is 7.09. The van der Waals surface area contributed by atoms with Gasteiger partial charge in [0.05, 0.1) is 5.01 Å². The molecule has 5 rings (SSSR count). The molecular formula is C25H36N4O4S. The zero-order chi connectivity index (χ0) is 23.7. The summed E-state index contributed by atoms with van der Waals surface area (Å²) < 4.78 is 5.64. The van der Waals surface area contributed by atoms with Crippen LogP contribution < -0.4 is 5.73 Å². The lowest BCUT2D eigenvalue weighted by Crippen LogP contribution is -2.49. The van der Waals surface area contributed by atoms with Crippen molar-refractivity contribution in [2.75, 3.05) is 19.6 Å². The number of primary amides is 1. The fourth-order valence-corrected chi connectivity index (χ4v) is 7.45. The molecule has 1 aromatic heterocycles.